The van der Waals surface area contributed by atoms with Gasteiger partial charge in [0.05, 0.1) is 6.54 Å². The van der Waals surface area contributed by atoms with Crippen LogP contribution in [0.15, 0.2) is 42.5 Å². The van der Waals surface area contributed by atoms with Crippen LogP contribution in [0, 0.1) is 32.0 Å². The highest BCUT2D eigenvalue weighted by molar-refractivity contribution is 5.96. The van der Waals surface area contributed by atoms with Gasteiger partial charge in [-0.05, 0) is 43.2 Å². The first kappa shape index (κ1) is 15.8. The summed E-state index contributed by atoms with van der Waals surface area (Å²) in [6.45, 7) is 4.42. The molecule has 2 aromatic carbocycles. The molecule has 2 rings (SSSR count). The number of halogens is 1. The summed E-state index contributed by atoms with van der Waals surface area (Å²) in [4.78, 5) is 14.3. The molecule has 0 N–H and O–H groups in total. The van der Waals surface area contributed by atoms with E-state index < -0.39 is 0 Å². The highest BCUT2D eigenvalue weighted by atomic mass is 19.1. The highest BCUT2D eigenvalue weighted by Gasteiger charge is 2.17. The molecule has 3 heteroatoms. The number of carbonyl (C=O) groups excluding carboxylic acids is 1. The zero-order valence-electron chi connectivity index (χ0n) is 12.8. The van der Waals surface area contributed by atoms with Gasteiger partial charge in [-0.2, -0.15) is 0 Å². The molecule has 2 aromatic rings. The minimum absolute atomic E-state index is 0.108. The summed E-state index contributed by atoms with van der Waals surface area (Å²) in [6, 6.07) is 11.8. The molecule has 0 aliphatic heterocycles. The van der Waals surface area contributed by atoms with Crippen molar-refractivity contribution in [3.05, 3.63) is 70.5 Å². The average molecular weight is 295 g/mol. The normalized spacial score (nSPS) is 10.1. The van der Waals surface area contributed by atoms with Gasteiger partial charge in [0.15, 0.2) is 0 Å². The molecule has 0 saturated heterocycles. The van der Waals surface area contributed by atoms with E-state index in [4.69, 9.17) is 6.42 Å². The predicted octanol–water partition coefficient (Wildman–Crippen LogP) is 3.72. The second kappa shape index (κ2) is 6.91. The Morgan fingerprint density at radius 3 is 2.50 bits per heavy atom. The molecular formula is C19H18FNO. The van der Waals surface area contributed by atoms with Crippen LogP contribution in [0.25, 0.3) is 0 Å². The molecule has 0 heterocycles. The fraction of sp³-hybridized carbons (Fsp3) is 0.211. The quantitative estimate of drug-likeness (QED) is 0.787. The van der Waals surface area contributed by atoms with Crippen LogP contribution in [0.2, 0.25) is 0 Å². The zero-order valence-corrected chi connectivity index (χ0v) is 12.8. The van der Waals surface area contributed by atoms with E-state index in [2.05, 4.69) is 5.92 Å². The first-order valence-electron chi connectivity index (χ1n) is 7.05. The molecule has 0 fully saturated rings. The summed E-state index contributed by atoms with van der Waals surface area (Å²) >= 11 is 0. The van der Waals surface area contributed by atoms with Crippen LogP contribution in [0.3, 0.4) is 0 Å². The lowest BCUT2D eigenvalue weighted by molar-refractivity contribution is 0.0765. The number of amides is 1. The summed E-state index contributed by atoms with van der Waals surface area (Å²) in [5.41, 5.74) is 3.43. The standard InChI is InChI=1S/C19H18FNO/c1-4-11-21(13-16-7-9-17(20)10-8-16)19(22)18-12-14(2)5-6-15(18)3/h1,5-10,12H,11,13H2,2-3H3. The number of hydrogen-bond acceptors (Lipinski definition) is 1. The van der Waals surface area contributed by atoms with E-state index in [1.807, 2.05) is 32.0 Å². The monoisotopic (exact) mass is 295 g/mol. The summed E-state index contributed by atoms with van der Waals surface area (Å²) in [6.07, 6.45) is 5.39. The number of benzene rings is 2. The van der Waals surface area contributed by atoms with Crippen LogP contribution in [-0.4, -0.2) is 17.4 Å². The van der Waals surface area contributed by atoms with E-state index in [1.165, 1.54) is 12.1 Å². The number of hydrogen-bond donors (Lipinski definition) is 0. The maximum atomic E-state index is 13.0. The van der Waals surface area contributed by atoms with Crippen molar-refractivity contribution < 1.29 is 9.18 Å². The van der Waals surface area contributed by atoms with Crippen molar-refractivity contribution in [2.75, 3.05) is 6.54 Å². The Hall–Kier alpha value is -2.60. The zero-order chi connectivity index (χ0) is 16.1. The van der Waals surface area contributed by atoms with Gasteiger partial charge in [-0.1, -0.05) is 35.7 Å². The van der Waals surface area contributed by atoms with E-state index in [-0.39, 0.29) is 18.3 Å². The minimum atomic E-state index is -0.298. The molecule has 0 atom stereocenters. The Kier molecular flexibility index (Phi) is 4.95. The van der Waals surface area contributed by atoms with Crippen LogP contribution in [0.5, 0.6) is 0 Å². The third kappa shape index (κ3) is 3.73. The Labute approximate surface area is 130 Å². The topological polar surface area (TPSA) is 20.3 Å². The maximum absolute atomic E-state index is 13.0. The maximum Gasteiger partial charge on any atom is 0.255 e. The smallest absolute Gasteiger partial charge is 0.255 e. The van der Waals surface area contributed by atoms with Crippen molar-refractivity contribution in [1.29, 1.82) is 0 Å². The van der Waals surface area contributed by atoms with E-state index >= 15 is 0 Å². The van der Waals surface area contributed by atoms with Gasteiger partial charge in [0.25, 0.3) is 5.91 Å². The van der Waals surface area contributed by atoms with E-state index in [0.717, 1.165) is 16.7 Å². The van der Waals surface area contributed by atoms with Crippen molar-refractivity contribution in [1.82, 2.24) is 4.90 Å². The number of carbonyl (C=O) groups is 1. The first-order chi connectivity index (χ1) is 10.5. The molecule has 2 nitrogen and oxygen atoms in total. The SMILES string of the molecule is C#CCN(Cc1ccc(F)cc1)C(=O)c1cc(C)ccc1C. The molecule has 1 amide bonds. The fourth-order valence-corrected chi connectivity index (χ4v) is 2.26. The van der Waals surface area contributed by atoms with E-state index in [1.54, 1.807) is 17.0 Å². The van der Waals surface area contributed by atoms with Crippen molar-refractivity contribution in [2.24, 2.45) is 0 Å². The molecule has 0 bridgehead atoms. The Bertz CT molecular complexity index is 713. The Morgan fingerprint density at radius 2 is 1.86 bits per heavy atom. The summed E-state index contributed by atoms with van der Waals surface area (Å²) in [5, 5.41) is 0. The number of terminal acetylenes is 1. The van der Waals surface area contributed by atoms with Gasteiger partial charge in [0, 0.05) is 12.1 Å². The molecule has 0 radical (unpaired) electrons. The highest BCUT2D eigenvalue weighted by Crippen LogP contribution is 2.15. The number of aryl methyl sites for hydroxylation is 2. The largest absolute Gasteiger partial charge is 0.323 e. The number of rotatable bonds is 4. The van der Waals surface area contributed by atoms with Crippen molar-refractivity contribution in [3.63, 3.8) is 0 Å². The molecule has 112 valence electrons. The van der Waals surface area contributed by atoms with Gasteiger partial charge in [-0.15, -0.1) is 6.42 Å². The lowest BCUT2D eigenvalue weighted by atomic mass is 10.0. The fourth-order valence-electron chi connectivity index (χ4n) is 2.26. The van der Waals surface area contributed by atoms with Crippen LogP contribution < -0.4 is 0 Å². The average Bonchev–Trinajstić information content (AvgIpc) is 2.50. The number of nitrogens with zero attached hydrogens (tertiary/aromatic N) is 1. The Morgan fingerprint density at radius 1 is 1.18 bits per heavy atom. The summed E-state index contributed by atoms with van der Waals surface area (Å²) < 4.78 is 13.0. The van der Waals surface area contributed by atoms with E-state index in [0.29, 0.717) is 12.1 Å². The molecule has 0 spiro atoms. The third-order valence-electron chi connectivity index (χ3n) is 3.48. The first-order valence-corrected chi connectivity index (χ1v) is 7.05. The van der Waals surface area contributed by atoms with Gasteiger partial charge >= 0.3 is 0 Å². The molecule has 0 aromatic heterocycles. The van der Waals surface area contributed by atoms with Crippen molar-refractivity contribution in [2.45, 2.75) is 20.4 Å². The van der Waals surface area contributed by atoms with E-state index in [9.17, 15) is 9.18 Å². The lowest BCUT2D eigenvalue weighted by Crippen LogP contribution is -2.31. The summed E-state index contributed by atoms with van der Waals surface area (Å²) in [7, 11) is 0. The van der Waals surface area contributed by atoms with Gasteiger partial charge < -0.3 is 4.90 Å². The molecule has 0 aliphatic rings. The molecular weight excluding hydrogens is 277 g/mol. The third-order valence-corrected chi connectivity index (χ3v) is 3.48. The molecule has 0 unspecified atom stereocenters. The Balaban J connectivity index is 2.27. The van der Waals surface area contributed by atoms with Crippen molar-refractivity contribution >= 4 is 5.91 Å². The van der Waals surface area contributed by atoms with Gasteiger partial charge in [-0.25, -0.2) is 4.39 Å². The van der Waals surface area contributed by atoms with Crippen molar-refractivity contribution in [3.8, 4) is 12.3 Å². The van der Waals surface area contributed by atoms with Gasteiger partial charge in [0.1, 0.15) is 5.82 Å². The van der Waals surface area contributed by atoms with Crippen LogP contribution in [-0.2, 0) is 6.54 Å². The van der Waals surface area contributed by atoms with Gasteiger partial charge in [0.2, 0.25) is 0 Å². The molecule has 0 saturated carbocycles. The second-order valence-electron chi connectivity index (χ2n) is 5.31. The van der Waals surface area contributed by atoms with Crippen LogP contribution in [0.1, 0.15) is 27.0 Å². The van der Waals surface area contributed by atoms with Gasteiger partial charge in [-0.3, -0.25) is 4.79 Å². The molecule has 22 heavy (non-hydrogen) atoms. The molecule has 0 aliphatic carbocycles. The lowest BCUT2D eigenvalue weighted by Gasteiger charge is -2.21. The van der Waals surface area contributed by atoms with Crippen LogP contribution in [0.4, 0.5) is 4.39 Å². The summed E-state index contributed by atoms with van der Waals surface area (Å²) in [5.74, 6) is 2.11. The predicted molar refractivity (Wildman–Crippen MR) is 85.9 cm³/mol. The minimum Gasteiger partial charge on any atom is -0.323 e. The second-order valence-corrected chi connectivity index (χ2v) is 5.31. The van der Waals surface area contributed by atoms with Crippen LogP contribution >= 0.6 is 0 Å².